The highest BCUT2D eigenvalue weighted by atomic mass is 16.5. The maximum Gasteiger partial charge on any atom is 0.0731 e. The highest BCUT2D eigenvalue weighted by Crippen LogP contribution is 2.41. The van der Waals surface area contributed by atoms with Crippen molar-refractivity contribution in [1.82, 2.24) is 5.32 Å². The first kappa shape index (κ1) is 17.9. The van der Waals surface area contributed by atoms with E-state index < -0.39 is 0 Å². The van der Waals surface area contributed by atoms with Gasteiger partial charge in [0.25, 0.3) is 0 Å². The van der Waals surface area contributed by atoms with Gasteiger partial charge in [-0.2, -0.15) is 0 Å². The van der Waals surface area contributed by atoms with Crippen LogP contribution in [-0.2, 0) is 9.47 Å². The van der Waals surface area contributed by atoms with Crippen LogP contribution in [0.3, 0.4) is 0 Å². The Morgan fingerprint density at radius 3 is 2.45 bits per heavy atom. The fraction of sp³-hybridized carbons (Fsp3) is 1.00. The molecule has 1 aliphatic carbocycles. The molecule has 0 aromatic heterocycles. The molecule has 1 rings (SSSR count). The second kappa shape index (κ2) is 9.01. The molecule has 0 bridgehead atoms. The van der Waals surface area contributed by atoms with E-state index in [1.54, 1.807) is 0 Å². The molecule has 0 amide bonds. The van der Waals surface area contributed by atoms with E-state index in [9.17, 15) is 0 Å². The Labute approximate surface area is 125 Å². The Morgan fingerprint density at radius 2 is 1.85 bits per heavy atom. The van der Waals surface area contributed by atoms with Crippen molar-refractivity contribution < 1.29 is 9.47 Å². The van der Waals surface area contributed by atoms with Gasteiger partial charge in [-0.05, 0) is 44.1 Å². The molecule has 1 fully saturated rings. The molecule has 0 aromatic carbocycles. The van der Waals surface area contributed by atoms with E-state index in [1.807, 2.05) is 0 Å². The summed E-state index contributed by atoms with van der Waals surface area (Å²) in [5.41, 5.74) is 0.430. The zero-order valence-corrected chi connectivity index (χ0v) is 14.2. The molecule has 20 heavy (non-hydrogen) atoms. The lowest BCUT2D eigenvalue weighted by Crippen LogP contribution is -2.46. The number of hydrogen-bond donors (Lipinski definition) is 1. The van der Waals surface area contributed by atoms with Crippen LogP contribution in [0.4, 0.5) is 0 Å². The number of likely N-dealkylation sites (N-methyl/N-ethyl adjacent to an activating group) is 1. The van der Waals surface area contributed by atoms with Crippen LogP contribution in [0, 0.1) is 11.3 Å². The average Bonchev–Trinajstić information content (AvgIpc) is 2.46. The Hall–Kier alpha value is -0.120. The zero-order chi connectivity index (χ0) is 15.0. The van der Waals surface area contributed by atoms with Crippen molar-refractivity contribution in [2.45, 2.75) is 71.9 Å². The molecule has 0 aromatic rings. The Balaban J connectivity index is 2.43. The van der Waals surface area contributed by atoms with Crippen LogP contribution in [0.2, 0.25) is 0 Å². The summed E-state index contributed by atoms with van der Waals surface area (Å²) in [5.74, 6) is 0.777. The lowest BCUT2D eigenvalue weighted by molar-refractivity contribution is -0.0493. The molecule has 1 aliphatic rings. The van der Waals surface area contributed by atoms with Crippen molar-refractivity contribution in [3.05, 3.63) is 0 Å². The van der Waals surface area contributed by atoms with Crippen LogP contribution in [0.25, 0.3) is 0 Å². The molecule has 0 heterocycles. The molecule has 0 aliphatic heterocycles. The van der Waals surface area contributed by atoms with Crippen molar-refractivity contribution in [2.24, 2.45) is 11.3 Å². The lowest BCUT2D eigenvalue weighted by Gasteiger charge is -2.42. The van der Waals surface area contributed by atoms with E-state index in [4.69, 9.17) is 9.47 Å². The van der Waals surface area contributed by atoms with Gasteiger partial charge >= 0.3 is 0 Å². The van der Waals surface area contributed by atoms with E-state index in [-0.39, 0.29) is 0 Å². The van der Waals surface area contributed by atoms with Gasteiger partial charge in [-0.3, -0.25) is 0 Å². The van der Waals surface area contributed by atoms with Crippen molar-refractivity contribution in [1.29, 1.82) is 0 Å². The first-order valence-corrected chi connectivity index (χ1v) is 8.41. The van der Waals surface area contributed by atoms with Gasteiger partial charge in [0.1, 0.15) is 0 Å². The summed E-state index contributed by atoms with van der Waals surface area (Å²) in [7, 11) is 2.06. The van der Waals surface area contributed by atoms with Crippen LogP contribution in [-0.4, -0.2) is 39.0 Å². The van der Waals surface area contributed by atoms with Gasteiger partial charge in [-0.25, -0.2) is 0 Å². The Morgan fingerprint density at radius 1 is 1.10 bits per heavy atom. The molecule has 3 unspecified atom stereocenters. The summed E-state index contributed by atoms with van der Waals surface area (Å²) >= 11 is 0. The van der Waals surface area contributed by atoms with Gasteiger partial charge in [0.15, 0.2) is 0 Å². The summed E-state index contributed by atoms with van der Waals surface area (Å²) in [6.45, 7) is 11.5. The molecule has 0 saturated heterocycles. The fourth-order valence-electron chi connectivity index (χ4n) is 3.15. The minimum atomic E-state index is 0.342. The van der Waals surface area contributed by atoms with Gasteiger partial charge in [-0.1, -0.05) is 34.1 Å². The van der Waals surface area contributed by atoms with Crippen molar-refractivity contribution in [2.75, 3.05) is 26.9 Å². The van der Waals surface area contributed by atoms with Crippen molar-refractivity contribution >= 4 is 0 Å². The average molecular weight is 285 g/mol. The van der Waals surface area contributed by atoms with E-state index in [0.29, 0.717) is 17.6 Å². The predicted molar refractivity (Wildman–Crippen MR) is 85.1 cm³/mol. The maximum atomic E-state index is 6.12. The van der Waals surface area contributed by atoms with E-state index in [2.05, 4.69) is 40.1 Å². The third-order valence-corrected chi connectivity index (χ3v) is 5.09. The van der Waals surface area contributed by atoms with Crippen LogP contribution < -0.4 is 5.32 Å². The second-order valence-electron chi connectivity index (χ2n) is 6.77. The first-order valence-electron chi connectivity index (χ1n) is 8.41. The Bertz CT molecular complexity index is 255. The standard InChI is InChI=1S/C17H35NO2/c1-6-10-19-11-12-20-16-13-14(17(3,4)7-2)8-9-15(16)18-5/h14-16,18H,6-13H2,1-5H3. The van der Waals surface area contributed by atoms with Crippen molar-refractivity contribution in [3.8, 4) is 0 Å². The highest BCUT2D eigenvalue weighted by Gasteiger charge is 2.37. The third-order valence-electron chi connectivity index (χ3n) is 5.09. The molecule has 120 valence electrons. The third kappa shape index (κ3) is 5.34. The molecule has 1 saturated carbocycles. The zero-order valence-electron chi connectivity index (χ0n) is 14.2. The molecule has 0 radical (unpaired) electrons. The first-order chi connectivity index (χ1) is 9.55. The SMILES string of the molecule is CCCOCCOC1CC(C(C)(C)CC)CCC1NC. The summed E-state index contributed by atoms with van der Waals surface area (Å²) in [6.07, 6.45) is 6.39. The lowest BCUT2D eigenvalue weighted by atomic mass is 9.68. The predicted octanol–water partition coefficient (Wildman–Crippen LogP) is 3.62. The smallest absolute Gasteiger partial charge is 0.0731 e. The number of hydrogen-bond acceptors (Lipinski definition) is 3. The summed E-state index contributed by atoms with van der Waals surface area (Å²) in [6, 6.07) is 0.505. The quantitative estimate of drug-likeness (QED) is 0.656. The van der Waals surface area contributed by atoms with Crippen LogP contribution >= 0.6 is 0 Å². The van der Waals surface area contributed by atoms with E-state index in [1.165, 1.54) is 25.7 Å². The van der Waals surface area contributed by atoms with Gasteiger partial charge in [0.2, 0.25) is 0 Å². The van der Waals surface area contributed by atoms with Gasteiger partial charge in [-0.15, -0.1) is 0 Å². The molecule has 1 N–H and O–H groups in total. The van der Waals surface area contributed by atoms with Crippen LogP contribution in [0.5, 0.6) is 0 Å². The van der Waals surface area contributed by atoms with E-state index >= 15 is 0 Å². The minimum absolute atomic E-state index is 0.342. The summed E-state index contributed by atoms with van der Waals surface area (Å²) < 4.78 is 11.6. The number of ether oxygens (including phenoxy) is 2. The molecular formula is C17H35NO2. The molecule has 0 spiro atoms. The maximum absolute atomic E-state index is 6.12. The van der Waals surface area contributed by atoms with Crippen molar-refractivity contribution in [3.63, 3.8) is 0 Å². The monoisotopic (exact) mass is 285 g/mol. The molecule has 3 atom stereocenters. The Kier molecular flexibility index (Phi) is 8.08. The summed E-state index contributed by atoms with van der Waals surface area (Å²) in [5, 5.41) is 3.43. The number of nitrogens with one attached hydrogen (secondary N) is 1. The molecule has 3 nitrogen and oxygen atoms in total. The normalized spacial score (nSPS) is 27.8. The summed E-state index contributed by atoms with van der Waals surface area (Å²) in [4.78, 5) is 0. The van der Waals surface area contributed by atoms with Gasteiger partial charge in [0, 0.05) is 12.6 Å². The molecule has 3 heteroatoms. The van der Waals surface area contributed by atoms with E-state index in [0.717, 1.165) is 32.2 Å². The van der Waals surface area contributed by atoms with Crippen LogP contribution in [0.15, 0.2) is 0 Å². The minimum Gasteiger partial charge on any atom is -0.379 e. The van der Waals surface area contributed by atoms with Gasteiger partial charge < -0.3 is 14.8 Å². The topological polar surface area (TPSA) is 30.5 Å². The van der Waals surface area contributed by atoms with Gasteiger partial charge in [0.05, 0.1) is 19.3 Å². The van der Waals surface area contributed by atoms with Crippen LogP contribution in [0.1, 0.15) is 59.8 Å². The molecular weight excluding hydrogens is 250 g/mol. The second-order valence-corrected chi connectivity index (χ2v) is 6.77. The fourth-order valence-corrected chi connectivity index (χ4v) is 3.15. The highest BCUT2D eigenvalue weighted by molar-refractivity contribution is 4.90. The largest absolute Gasteiger partial charge is 0.379 e. The number of rotatable bonds is 9.